The first-order valence-corrected chi connectivity index (χ1v) is 6.50. The summed E-state index contributed by atoms with van der Waals surface area (Å²) >= 11 is 0. The summed E-state index contributed by atoms with van der Waals surface area (Å²) in [4.78, 5) is 11.8. The second-order valence-electron chi connectivity index (χ2n) is 4.56. The summed E-state index contributed by atoms with van der Waals surface area (Å²) in [5, 5.41) is 8.71. The first-order chi connectivity index (χ1) is 10.5. The van der Waals surface area contributed by atoms with E-state index in [9.17, 15) is 13.6 Å². The summed E-state index contributed by atoms with van der Waals surface area (Å²) in [7, 11) is 0. The lowest BCUT2D eigenvalue weighted by Crippen LogP contribution is -2.31. The van der Waals surface area contributed by atoms with Crippen LogP contribution in [0, 0.1) is 6.92 Å². The monoisotopic (exact) mass is 311 g/mol. The SMILES string of the molecule is Cc1cc(NC(=O)N[C@H](C)c2ccccc2OC(F)F)no1. The molecule has 118 valence electrons. The molecule has 0 aliphatic heterocycles. The minimum absolute atomic E-state index is 0.0163. The highest BCUT2D eigenvalue weighted by Gasteiger charge is 2.16. The fourth-order valence-corrected chi connectivity index (χ4v) is 1.89. The first kappa shape index (κ1) is 15.7. The number of halogens is 2. The molecule has 22 heavy (non-hydrogen) atoms. The molecule has 0 fully saturated rings. The summed E-state index contributed by atoms with van der Waals surface area (Å²) in [5.74, 6) is 0.834. The average Bonchev–Trinajstić information content (AvgIpc) is 2.83. The predicted molar refractivity (Wildman–Crippen MR) is 74.9 cm³/mol. The molecule has 1 aromatic heterocycles. The van der Waals surface area contributed by atoms with Crippen LogP contribution in [0.2, 0.25) is 0 Å². The van der Waals surface area contributed by atoms with Crippen molar-refractivity contribution in [2.24, 2.45) is 0 Å². The van der Waals surface area contributed by atoms with Gasteiger partial charge in [0.1, 0.15) is 11.5 Å². The summed E-state index contributed by atoms with van der Waals surface area (Å²) in [6.45, 7) is 0.415. The predicted octanol–water partition coefficient (Wildman–Crippen LogP) is 3.47. The van der Waals surface area contributed by atoms with E-state index >= 15 is 0 Å². The second kappa shape index (κ2) is 6.88. The first-order valence-electron chi connectivity index (χ1n) is 6.50. The number of hydrogen-bond acceptors (Lipinski definition) is 4. The van der Waals surface area contributed by atoms with Gasteiger partial charge in [-0.05, 0) is 19.9 Å². The van der Waals surface area contributed by atoms with Crippen LogP contribution < -0.4 is 15.4 Å². The number of alkyl halides is 2. The number of urea groups is 1. The van der Waals surface area contributed by atoms with Crippen LogP contribution in [0.1, 0.15) is 24.3 Å². The molecular formula is C14H15F2N3O3. The number of anilines is 1. The number of carbonyl (C=O) groups is 1. The number of hydrogen-bond donors (Lipinski definition) is 2. The van der Waals surface area contributed by atoms with E-state index in [1.54, 1.807) is 38.1 Å². The Kier molecular flexibility index (Phi) is 4.92. The Labute approximate surface area is 125 Å². The van der Waals surface area contributed by atoms with Gasteiger partial charge < -0.3 is 14.6 Å². The van der Waals surface area contributed by atoms with E-state index in [1.807, 2.05) is 0 Å². The Morgan fingerprint density at radius 3 is 2.73 bits per heavy atom. The molecule has 0 aliphatic carbocycles. The molecule has 2 rings (SSSR count). The van der Waals surface area contributed by atoms with Gasteiger partial charge in [0.25, 0.3) is 0 Å². The summed E-state index contributed by atoms with van der Waals surface area (Å²) in [6.07, 6.45) is 0. The maximum Gasteiger partial charge on any atom is 0.387 e. The van der Waals surface area contributed by atoms with Crippen LogP contribution in [0.15, 0.2) is 34.9 Å². The van der Waals surface area contributed by atoms with Crippen molar-refractivity contribution in [1.29, 1.82) is 0 Å². The molecular weight excluding hydrogens is 296 g/mol. The van der Waals surface area contributed by atoms with Gasteiger partial charge in [0, 0.05) is 11.6 Å². The lowest BCUT2D eigenvalue weighted by Gasteiger charge is -2.17. The topological polar surface area (TPSA) is 76.4 Å². The van der Waals surface area contributed by atoms with Crippen LogP contribution in [-0.4, -0.2) is 17.8 Å². The molecule has 0 radical (unpaired) electrons. The molecule has 0 aliphatic rings. The van der Waals surface area contributed by atoms with Gasteiger partial charge in [0.2, 0.25) is 0 Å². The number of aromatic nitrogens is 1. The molecule has 2 amide bonds. The van der Waals surface area contributed by atoms with Gasteiger partial charge >= 0.3 is 12.6 Å². The molecule has 6 nitrogen and oxygen atoms in total. The van der Waals surface area contributed by atoms with Crippen molar-refractivity contribution in [3.63, 3.8) is 0 Å². The number of amides is 2. The van der Waals surface area contributed by atoms with E-state index in [4.69, 9.17) is 4.52 Å². The number of rotatable bonds is 5. The quantitative estimate of drug-likeness (QED) is 0.886. The molecule has 1 aromatic carbocycles. The Morgan fingerprint density at radius 2 is 2.09 bits per heavy atom. The summed E-state index contributed by atoms with van der Waals surface area (Å²) in [5.41, 5.74) is 0.439. The largest absolute Gasteiger partial charge is 0.434 e. The van der Waals surface area contributed by atoms with Gasteiger partial charge in [-0.15, -0.1) is 0 Å². The Hall–Kier alpha value is -2.64. The molecule has 1 atom stereocenters. The van der Waals surface area contributed by atoms with Crippen molar-refractivity contribution in [2.45, 2.75) is 26.5 Å². The third kappa shape index (κ3) is 4.18. The highest BCUT2D eigenvalue weighted by atomic mass is 19.3. The summed E-state index contributed by atoms with van der Waals surface area (Å²) in [6, 6.07) is 6.74. The van der Waals surface area contributed by atoms with Crippen molar-refractivity contribution in [1.82, 2.24) is 10.5 Å². The lowest BCUT2D eigenvalue weighted by atomic mass is 10.1. The van der Waals surface area contributed by atoms with Crippen molar-refractivity contribution < 1.29 is 22.8 Å². The molecule has 8 heteroatoms. The van der Waals surface area contributed by atoms with Gasteiger partial charge in [-0.2, -0.15) is 8.78 Å². The highest BCUT2D eigenvalue weighted by Crippen LogP contribution is 2.26. The van der Waals surface area contributed by atoms with Crippen LogP contribution >= 0.6 is 0 Å². The molecule has 0 bridgehead atoms. The van der Waals surface area contributed by atoms with Crippen molar-refractivity contribution >= 4 is 11.8 Å². The normalized spacial score (nSPS) is 12.0. The van der Waals surface area contributed by atoms with E-state index in [1.165, 1.54) is 6.07 Å². The summed E-state index contributed by atoms with van der Waals surface area (Å²) < 4.78 is 34.0. The van der Waals surface area contributed by atoms with Crippen molar-refractivity contribution in [3.05, 3.63) is 41.7 Å². The minimum atomic E-state index is -2.93. The zero-order valence-electron chi connectivity index (χ0n) is 12.0. The van der Waals surface area contributed by atoms with E-state index in [0.717, 1.165) is 0 Å². The number of ether oxygens (including phenoxy) is 1. The van der Waals surface area contributed by atoms with E-state index in [0.29, 0.717) is 11.3 Å². The second-order valence-corrected chi connectivity index (χ2v) is 4.56. The Morgan fingerprint density at radius 1 is 1.36 bits per heavy atom. The fraction of sp³-hybridized carbons (Fsp3) is 0.286. The average molecular weight is 311 g/mol. The van der Waals surface area contributed by atoms with Crippen LogP contribution in [0.4, 0.5) is 19.4 Å². The Bertz CT molecular complexity index is 646. The maximum absolute atomic E-state index is 12.4. The third-order valence-electron chi connectivity index (χ3n) is 2.82. The fourth-order valence-electron chi connectivity index (χ4n) is 1.89. The van der Waals surface area contributed by atoms with Gasteiger partial charge in [0.05, 0.1) is 6.04 Å². The number of para-hydroxylation sites is 1. The molecule has 2 N–H and O–H groups in total. The molecule has 1 heterocycles. The number of carbonyl (C=O) groups excluding carboxylic acids is 1. The van der Waals surface area contributed by atoms with Crippen LogP contribution in [0.25, 0.3) is 0 Å². The minimum Gasteiger partial charge on any atom is -0.434 e. The van der Waals surface area contributed by atoms with Gasteiger partial charge in [-0.3, -0.25) is 5.32 Å². The maximum atomic E-state index is 12.4. The van der Waals surface area contributed by atoms with Crippen LogP contribution in [0.3, 0.4) is 0 Å². The van der Waals surface area contributed by atoms with E-state index < -0.39 is 18.7 Å². The van der Waals surface area contributed by atoms with Crippen molar-refractivity contribution in [2.75, 3.05) is 5.32 Å². The van der Waals surface area contributed by atoms with Crippen LogP contribution in [-0.2, 0) is 0 Å². The standard InChI is InChI=1S/C14H15F2N3O3/c1-8-7-12(19-22-8)18-14(20)17-9(2)10-5-3-4-6-11(10)21-13(15)16/h3-7,9,13H,1-2H3,(H2,17,18,19,20)/t9-/m1/s1. The molecule has 0 spiro atoms. The van der Waals surface area contributed by atoms with Gasteiger partial charge in [-0.1, -0.05) is 23.4 Å². The van der Waals surface area contributed by atoms with Gasteiger partial charge in [-0.25, -0.2) is 4.79 Å². The number of benzene rings is 1. The number of nitrogens with one attached hydrogen (secondary N) is 2. The smallest absolute Gasteiger partial charge is 0.387 e. The zero-order valence-corrected chi connectivity index (χ0v) is 12.0. The lowest BCUT2D eigenvalue weighted by molar-refractivity contribution is -0.0506. The van der Waals surface area contributed by atoms with Gasteiger partial charge in [0.15, 0.2) is 5.82 Å². The molecule has 0 saturated heterocycles. The van der Waals surface area contributed by atoms with Crippen molar-refractivity contribution in [3.8, 4) is 5.75 Å². The third-order valence-corrected chi connectivity index (χ3v) is 2.82. The molecule has 0 unspecified atom stereocenters. The zero-order chi connectivity index (χ0) is 16.1. The van der Waals surface area contributed by atoms with Crippen LogP contribution in [0.5, 0.6) is 5.75 Å². The number of aryl methyl sites for hydroxylation is 1. The highest BCUT2D eigenvalue weighted by molar-refractivity contribution is 5.88. The number of nitrogens with zero attached hydrogens (tertiary/aromatic N) is 1. The molecule has 2 aromatic rings. The van der Waals surface area contributed by atoms with E-state index in [2.05, 4.69) is 20.5 Å². The Balaban J connectivity index is 2.02. The molecule has 0 saturated carbocycles. The van der Waals surface area contributed by atoms with E-state index in [-0.39, 0.29) is 11.6 Å².